The van der Waals surface area contributed by atoms with Crippen molar-refractivity contribution in [3.05, 3.63) is 51.4 Å². The first-order chi connectivity index (χ1) is 10.1. The Labute approximate surface area is 132 Å². The van der Waals surface area contributed by atoms with Gasteiger partial charge >= 0.3 is 0 Å². The van der Waals surface area contributed by atoms with Crippen LogP contribution in [0, 0.1) is 5.82 Å². The van der Waals surface area contributed by atoms with Crippen molar-refractivity contribution in [1.29, 1.82) is 0 Å². The second-order valence-electron chi connectivity index (χ2n) is 4.67. The van der Waals surface area contributed by atoms with Gasteiger partial charge in [0.15, 0.2) is 11.6 Å². The van der Waals surface area contributed by atoms with E-state index in [0.717, 1.165) is 9.21 Å². The first-order valence-electron chi connectivity index (χ1n) is 6.60. The number of aliphatic hydroxyl groups excluding tert-OH is 1. The number of rotatable bonds is 7. The molecule has 1 aromatic heterocycles. The van der Waals surface area contributed by atoms with E-state index in [1.165, 1.54) is 23.5 Å². The third-order valence-corrected chi connectivity index (χ3v) is 4.36. The number of para-hydroxylation sites is 1. The van der Waals surface area contributed by atoms with Crippen LogP contribution in [0.1, 0.15) is 17.8 Å². The van der Waals surface area contributed by atoms with Crippen LogP contribution >= 0.6 is 22.9 Å². The zero-order chi connectivity index (χ0) is 15.2. The maximum atomic E-state index is 13.3. The molecule has 0 aliphatic heterocycles. The predicted molar refractivity (Wildman–Crippen MR) is 83.6 cm³/mol. The molecule has 2 unspecified atom stereocenters. The van der Waals surface area contributed by atoms with Crippen molar-refractivity contribution in [2.24, 2.45) is 0 Å². The summed E-state index contributed by atoms with van der Waals surface area (Å²) in [5.41, 5.74) is 0. The van der Waals surface area contributed by atoms with Crippen molar-refractivity contribution in [3.8, 4) is 5.75 Å². The van der Waals surface area contributed by atoms with Crippen LogP contribution in [0.3, 0.4) is 0 Å². The van der Waals surface area contributed by atoms with E-state index < -0.39 is 11.9 Å². The van der Waals surface area contributed by atoms with E-state index in [9.17, 15) is 9.50 Å². The number of ether oxygens (including phenoxy) is 1. The molecule has 0 saturated carbocycles. The number of thiophene rings is 1. The standard InChI is InChI=1S/C15H17ClFNO2S/c1-10(14-6-7-15(16)21-14)18-8-11(19)9-20-13-5-3-2-4-12(13)17/h2-7,10-11,18-19H,8-9H2,1H3. The van der Waals surface area contributed by atoms with Crippen LogP contribution in [0.2, 0.25) is 4.34 Å². The molecule has 1 heterocycles. The normalized spacial score (nSPS) is 13.9. The Hall–Kier alpha value is -1.14. The fraction of sp³-hybridized carbons (Fsp3) is 0.333. The zero-order valence-corrected chi connectivity index (χ0v) is 13.1. The summed E-state index contributed by atoms with van der Waals surface area (Å²) in [4.78, 5) is 1.10. The summed E-state index contributed by atoms with van der Waals surface area (Å²) in [6.45, 7) is 2.38. The summed E-state index contributed by atoms with van der Waals surface area (Å²) >= 11 is 7.39. The molecule has 2 atom stereocenters. The van der Waals surface area contributed by atoms with Crippen LogP contribution in [-0.4, -0.2) is 24.4 Å². The smallest absolute Gasteiger partial charge is 0.165 e. The molecule has 0 aliphatic rings. The Bertz CT molecular complexity index is 578. The molecular formula is C15H17ClFNO2S. The van der Waals surface area contributed by atoms with Gasteiger partial charge in [0.2, 0.25) is 0 Å². The molecule has 0 aliphatic carbocycles. The van der Waals surface area contributed by atoms with Gasteiger partial charge in [-0.2, -0.15) is 0 Å². The van der Waals surface area contributed by atoms with Gasteiger partial charge in [0.05, 0.1) is 4.34 Å². The highest BCUT2D eigenvalue weighted by atomic mass is 35.5. The number of halogens is 2. The summed E-state index contributed by atoms with van der Waals surface area (Å²) in [6, 6.07) is 10.0. The topological polar surface area (TPSA) is 41.5 Å². The van der Waals surface area contributed by atoms with Crippen LogP contribution in [-0.2, 0) is 0 Å². The Morgan fingerprint density at radius 2 is 2.10 bits per heavy atom. The number of benzene rings is 1. The molecule has 2 rings (SSSR count). The van der Waals surface area contributed by atoms with Crippen molar-refractivity contribution in [2.75, 3.05) is 13.2 Å². The van der Waals surface area contributed by atoms with Crippen molar-refractivity contribution in [3.63, 3.8) is 0 Å². The van der Waals surface area contributed by atoms with Gasteiger partial charge in [-0.15, -0.1) is 11.3 Å². The van der Waals surface area contributed by atoms with E-state index in [2.05, 4.69) is 5.32 Å². The van der Waals surface area contributed by atoms with E-state index in [0.29, 0.717) is 6.54 Å². The Morgan fingerprint density at radius 1 is 1.33 bits per heavy atom. The lowest BCUT2D eigenvalue weighted by Crippen LogP contribution is -2.32. The molecule has 2 N–H and O–H groups in total. The Morgan fingerprint density at radius 3 is 2.76 bits per heavy atom. The van der Waals surface area contributed by atoms with Crippen LogP contribution in [0.5, 0.6) is 5.75 Å². The minimum absolute atomic E-state index is 0.0336. The van der Waals surface area contributed by atoms with Gasteiger partial charge in [0.25, 0.3) is 0 Å². The predicted octanol–water partition coefficient (Wildman–Crippen LogP) is 3.63. The highest BCUT2D eigenvalue weighted by Crippen LogP contribution is 2.26. The van der Waals surface area contributed by atoms with Crippen LogP contribution < -0.4 is 10.1 Å². The number of hydrogen-bond donors (Lipinski definition) is 2. The molecule has 2 aromatic rings. The van der Waals surface area contributed by atoms with E-state index >= 15 is 0 Å². The fourth-order valence-corrected chi connectivity index (χ4v) is 2.87. The maximum Gasteiger partial charge on any atom is 0.165 e. The summed E-state index contributed by atoms with van der Waals surface area (Å²) < 4.78 is 19.3. The molecule has 3 nitrogen and oxygen atoms in total. The van der Waals surface area contributed by atoms with Crippen LogP contribution in [0.15, 0.2) is 36.4 Å². The highest BCUT2D eigenvalue weighted by Gasteiger charge is 2.12. The highest BCUT2D eigenvalue weighted by molar-refractivity contribution is 7.16. The molecule has 0 radical (unpaired) electrons. The Balaban J connectivity index is 1.75. The van der Waals surface area contributed by atoms with Gasteiger partial charge < -0.3 is 15.2 Å². The molecule has 0 bridgehead atoms. The molecule has 114 valence electrons. The fourth-order valence-electron chi connectivity index (χ4n) is 1.78. The van der Waals surface area contributed by atoms with Crippen molar-refractivity contribution in [2.45, 2.75) is 19.1 Å². The first kappa shape index (κ1) is 16.2. The number of nitrogens with one attached hydrogen (secondary N) is 1. The lowest BCUT2D eigenvalue weighted by molar-refractivity contribution is 0.102. The largest absolute Gasteiger partial charge is 0.488 e. The lowest BCUT2D eigenvalue weighted by atomic mass is 10.2. The second-order valence-corrected chi connectivity index (χ2v) is 6.41. The molecular weight excluding hydrogens is 313 g/mol. The zero-order valence-electron chi connectivity index (χ0n) is 11.6. The van der Waals surface area contributed by atoms with Gasteiger partial charge in [-0.25, -0.2) is 4.39 Å². The summed E-state index contributed by atoms with van der Waals surface area (Å²) in [6.07, 6.45) is -0.720. The molecule has 0 spiro atoms. The van der Waals surface area contributed by atoms with E-state index in [1.807, 2.05) is 19.1 Å². The summed E-state index contributed by atoms with van der Waals surface area (Å²) in [5, 5.41) is 13.1. The molecule has 0 saturated heterocycles. The summed E-state index contributed by atoms with van der Waals surface area (Å²) in [7, 11) is 0. The maximum absolute atomic E-state index is 13.3. The van der Waals surface area contributed by atoms with Crippen LogP contribution in [0.25, 0.3) is 0 Å². The lowest BCUT2D eigenvalue weighted by Gasteiger charge is -2.17. The molecule has 0 fully saturated rings. The van der Waals surface area contributed by atoms with Crippen molar-refractivity contribution >= 4 is 22.9 Å². The van der Waals surface area contributed by atoms with E-state index in [4.69, 9.17) is 16.3 Å². The summed E-state index contributed by atoms with van der Waals surface area (Å²) in [5.74, 6) is -0.283. The van der Waals surface area contributed by atoms with Crippen molar-refractivity contribution < 1.29 is 14.2 Å². The molecule has 21 heavy (non-hydrogen) atoms. The SMILES string of the molecule is CC(NCC(O)COc1ccccc1F)c1ccc(Cl)s1. The Kier molecular flexibility index (Phi) is 5.99. The second kappa shape index (κ2) is 7.75. The average Bonchev–Trinajstić information content (AvgIpc) is 2.90. The van der Waals surface area contributed by atoms with Gasteiger partial charge in [0.1, 0.15) is 12.7 Å². The number of aliphatic hydroxyl groups is 1. The molecule has 1 aromatic carbocycles. The third kappa shape index (κ3) is 4.97. The van der Waals surface area contributed by atoms with Gasteiger partial charge in [-0.3, -0.25) is 0 Å². The average molecular weight is 330 g/mol. The van der Waals surface area contributed by atoms with Gasteiger partial charge in [-0.1, -0.05) is 23.7 Å². The first-order valence-corrected chi connectivity index (χ1v) is 7.79. The van der Waals surface area contributed by atoms with E-state index in [-0.39, 0.29) is 18.4 Å². The van der Waals surface area contributed by atoms with Crippen LogP contribution in [0.4, 0.5) is 4.39 Å². The van der Waals surface area contributed by atoms with E-state index in [1.54, 1.807) is 12.1 Å². The monoisotopic (exact) mass is 329 g/mol. The van der Waals surface area contributed by atoms with Crippen molar-refractivity contribution in [1.82, 2.24) is 5.32 Å². The molecule has 0 amide bonds. The minimum Gasteiger partial charge on any atom is -0.488 e. The van der Waals surface area contributed by atoms with Gasteiger partial charge in [-0.05, 0) is 31.2 Å². The quantitative estimate of drug-likeness (QED) is 0.815. The number of hydrogen-bond acceptors (Lipinski definition) is 4. The van der Waals surface area contributed by atoms with Gasteiger partial charge in [0, 0.05) is 17.5 Å². The molecule has 6 heteroatoms. The minimum atomic E-state index is -0.720. The third-order valence-electron chi connectivity index (χ3n) is 2.95.